The Morgan fingerprint density at radius 1 is 1.05 bits per heavy atom. The Bertz CT molecular complexity index is 1420. The van der Waals surface area contributed by atoms with Gasteiger partial charge in [0.1, 0.15) is 29.6 Å². The fourth-order valence-corrected chi connectivity index (χ4v) is 5.01. The minimum atomic E-state index is -1.01. The van der Waals surface area contributed by atoms with Gasteiger partial charge >= 0.3 is 5.97 Å². The lowest BCUT2D eigenvalue weighted by atomic mass is 9.99. The van der Waals surface area contributed by atoms with Crippen molar-refractivity contribution in [3.8, 4) is 5.69 Å². The molecule has 0 spiro atoms. The summed E-state index contributed by atoms with van der Waals surface area (Å²) < 4.78 is 34.4. The number of carbonyl (C=O) groups is 2. The molecule has 1 aromatic heterocycles. The fourth-order valence-electron chi connectivity index (χ4n) is 5.01. The number of benzene rings is 2. The molecule has 9 heteroatoms. The number of aromatic nitrogens is 1. The van der Waals surface area contributed by atoms with Crippen LogP contribution in [0, 0.1) is 17.6 Å². The van der Waals surface area contributed by atoms with Crippen LogP contribution < -0.4 is 16.6 Å². The van der Waals surface area contributed by atoms with Crippen LogP contribution in [0.1, 0.15) is 67.4 Å². The van der Waals surface area contributed by atoms with Crippen molar-refractivity contribution >= 4 is 17.6 Å². The van der Waals surface area contributed by atoms with Crippen LogP contribution in [0.5, 0.6) is 0 Å². The molecule has 0 bridgehead atoms. The van der Waals surface area contributed by atoms with E-state index in [2.05, 4.69) is 5.32 Å². The van der Waals surface area contributed by atoms with Crippen molar-refractivity contribution < 1.29 is 23.1 Å². The van der Waals surface area contributed by atoms with E-state index in [0.29, 0.717) is 24.7 Å². The summed E-state index contributed by atoms with van der Waals surface area (Å²) in [7, 11) is 0. The third-order valence-corrected chi connectivity index (χ3v) is 7.57. The van der Waals surface area contributed by atoms with E-state index in [4.69, 9.17) is 10.5 Å². The summed E-state index contributed by atoms with van der Waals surface area (Å²) in [4.78, 5) is 38.4. The zero-order valence-corrected chi connectivity index (χ0v) is 22.8. The molecule has 1 aliphatic carbocycles. The average Bonchev–Trinajstić information content (AvgIpc) is 3.44. The highest BCUT2D eigenvalue weighted by Crippen LogP contribution is 2.23. The lowest BCUT2D eigenvalue weighted by Gasteiger charge is -2.24. The Balaban J connectivity index is 1.45. The van der Waals surface area contributed by atoms with Crippen molar-refractivity contribution in [2.24, 2.45) is 5.92 Å². The molecular weight excluding hydrogens is 516 g/mol. The Morgan fingerprint density at radius 2 is 1.73 bits per heavy atom. The lowest BCUT2D eigenvalue weighted by molar-refractivity contribution is -0.152. The maximum atomic E-state index is 14.2. The molecule has 212 valence electrons. The second kappa shape index (κ2) is 13.0. The first kappa shape index (κ1) is 29.1. The molecular formula is C31H35F2N3O4. The fraction of sp³-hybridized carbons (Fsp3) is 0.387. The number of pyridine rings is 1. The molecule has 3 aromatic rings. The van der Waals surface area contributed by atoms with Crippen LogP contribution in [0.25, 0.3) is 5.69 Å². The molecule has 2 atom stereocenters. The van der Waals surface area contributed by atoms with Gasteiger partial charge in [0.2, 0.25) is 0 Å². The normalized spacial score (nSPS) is 15.1. The number of halogens is 2. The number of hydrogen-bond donors (Lipinski definition) is 2. The molecule has 2 aromatic carbocycles. The smallest absolute Gasteiger partial charge is 0.323 e. The summed E-state index contributed by atoms with van der Waals surface area (Å²) in [6, 6.07) is 11.8. The third kappa shape index (κ3) is 6.65. The predicted octanol–water partition coefficient (Wildman–Crippen LogP) is 4.96. The van der Waals surface area contributed by atoms with Gasteiger partial charge in [0.05, 0.1) is 16.8 Å². The van der Waals surface area contributed by atoms with E-state index >= 15 is 0 Å². The number of anilines is 1. The van der Waals surface area contributed by atoms with Crippen LogP contribution in [0.3, 0.4) is 0 Å². The molecule has 3 N–H and O–H groups in total. The molecule has 0 saturated heterocycles. The summed E-state index contributed by atoms with van der Waals surface area (Å²) in [5, 5.41) is 3.36. The summed E-state index contributed by atoms with van der Waals surface area (Å²) in [5.41, 5.74) is 6.74. The van der Waals surface area contributed by atoms with Crippen molar-refractivity contribution in [1.82, 2.24) is 9.88 Å². The maximum absolute atomic E-state index is 14.2. The zero-order valence-electron chi connectivity index (χ0n) is 22.8. The van der Waals surface area contributed by atoms with Gasteiger partial charge in [0, 0.05) is 12.1 Å². The molecule has 1 saturated carbocycles. The van der Waals surface area contributed by atoms with Gasteiger partial charge in [0.25, 0.3) is 5.56 Å². The number of carbonyl (C=O) groups excluding carboxylic acids is 2. The van der Waals surface area contributed by atoms with Crippen LogP contribution in [0.15, 0.2) is 59.4 Å². The van der Waals surface area contributed by atoms with Gasteiger partial charge in [-0.05, 0) is 80.5 Å². The molecule has 40 heavy (non-hydrogen) atoms. The van der Waals surface area contributed by atoms with Crippen molar-refractivity contribution in [2.75, 3.05) is 12.3 Å². The van der Waals surface area contributed by atoms with E-state index in [0.717, 1.165) is 49.8 Å². The van der Waals surface area contributed by atoms with Crippen LogP contribution in [0.4, 0.5) is 14.6 Å². The number of nitrogens with one attached hydrogen (secondary N) is 1. The molecule has 1 unspecified atom stereocenters. The summed E-state index contributed by atoms with van der Waals surface area (Å²) in [6.07, 6.45) is 5.56. The second-order valence-electron chi connectivity index (χ2n) is 10.3. The first-order valence-electron chi connectivity index (χ1n) is 13.7. The molecule has 0 aliphatic heterocycles. The van der Waals surface area contributed by atoms with Crippen LogP contribution in [-0.4, -0.2) is 35.0 Å². The quantitative estimate of drug-likeness (QED) is 0.258. The highest BCUT2D eigenvalue weighted by molar-refractivity contribution is 6.11. The molecule has 7 nitrogen and oxygen atoms in total. The van der Waals surface area contributed by atoms with Gasteiger partial charge in [0.15, 0.2) is 5.78 Å². The molecule has 0 amide bonds. The summed E-state index contributed by atoms with van der Waals surface area (Å²) in [6.45, 7) is 4.64. The van der Waals surface area contributed by atoms with Gasteiger partial charge in [-0.15, -0.1) is 0 Å². The topological polar surface area (TPSA) is 103 Å². The number of nitrogens with zero attached hydrogens (tertiary/aromatic N) is 1. The SMILES string of the molecule is CCC(C)[C@H](NCCc1ccc(-n2c(N)c(C(=O)c3ccc(F)cc3F)ccc2=O)cc1)C(=O)OC1CCCC1. The van der Waals surface area contributed by atoms with Crippen LogP contribution in [0.2, 0.25) is 0 Å². The highest BCUT2D eigenvalue weighted by atomic mass is 19.1. The lowest BCUT2D eigenvalue weighted by Crippen LogP contribution is -2.44. The second-order valence-corrected chi connectivity index (χ2v) is 10.3. The van der Waals surface area contributed by atoms with Gasteiger partial charge < -0.3 is 15.8 Å². The largest absolute Gasteiger partial charge is 0.461 e. The van der Waals surface area contributed by atoms with Crippen molar-refractivity contribution in [3.05, 3.63) is 93.3 Å². The van der Waals surface area contributed by atoms with Gasteiger partial charge in [-0.1, -0.05) is 32.4 Å². The van der Waals surface area contributed by atoms with Crippen molar-refractivity contribution in [1.29, 1.82) is 0 Å². The molecule has 1 heterocycles. The Labute approximate surface area is 232 Å². The molecule has 1 aliphatic rings. The Hall–Kier alpha value is -3.85. The van der Waals surface area contributed by atoms with E-state index in [-0.39, 0.29) is 41.0 Å². The first-order chi connectivity index (χ1) is 19.2. The third-order valence-electron chi connectivity index (χ3n) is 7.57. The monoisotopic (exact) mass is 551 g/mol. The number of nitrogens with two attached hydrogens (primary N) is 1. The van der Waals surface area contributed by atoms with Gasteiger partial charge in [-0.2, -0.15) is 0 Å². The number of ether oxygens (including phenoxy) is 1. The van der Waals surface area contributed by atoms with Crippen molar-refractivity contribution in [3.63, 3.8) is 0 Å². The molecule has 0 radical (unpaired) electrons. The number of hydrogen-bond acceptors (Lipinski definition) is 6. The molecule has 4 rings (SSSR count). The number of rotatable bonds is 11. The van der Waals surface area contributed by atoms with E-state index in [1.165, 1.54) is 16.7 Å². The number of nitrogen functional groups attached to an aromatic ring is 1. The van der Waals surface area contributed by atoms with E-state index in [9.17, 15) is 23.2 Å². The Kier molecular flexibility index (Phi) is 9.47. The number of esters is 1. The number of ketones is 1. The van der Waals surface area contributed by atoms with E-state index < -0.39 is 23.0 Å². The predicted molar refractivity (Wildman–Crippen MR) is 150 cm³/mol. The van der Waals surface area contributed by atoms with Crippen molar-refractivity contribution in [2.45, 2.75) is 64.5 Å². The minimum Gasteiger partial charge on any atom is -0.461 e. The minimum absolute atomic E-state index is 0.0211. The standard InChI is InChI=1S/C31H35F2N3O4/c1-3-19(2)28(31(39)40-23-6-4-5-7-23)35-17-16-20-8-11-22(12-9-20)36-27(37)15-14-25(30(36)34)29(38)24-13-10-21(32)18-26(24)33/h8-15,18-19,23,28,35H,3-7,16-17,34H2,1-2H3/t19?,28-/m0/s1. The van der Waals surface area contributed by atoms with Gasteiger partial charge in [-0.25, -0.2) is 8.78 Å². The maximum Gasteiger partial charge on any atom is 0.323 e. The van der Waals surface area contributed by atoms with Crippen LogP contribution >= 0.6 is 0 Å². The Morgan fingerprint density at radius 3 is 2.38 bits per heavy atom. The zero-order chi connectivity index (χ0) is 28.8. The summed E-state index contributed by atoms with van der Waals surface area (Å²) >= 11 is 0. The first-order valence-corrected chi connectivity index (χ1v) is 13.7. The van der Waals surface area contributed by atoms with Gasteiger partial charge in [-0.3, -0.25) is 19.0 Å². The highest BCUT2D eigenvalue weighted by Gasteiger charge is 2.28. The van der Waals surface area contributed by atoms with E-state index in [1.807, 2.05) is 26.0 Å². The summed E-state index contributed by atoms with van der Waals surface area (Å²) in [5.74, 6) is -2.78. The van der Waals surface area contributed by atoms with Crippen LogP contribution in [-0.2, 0) is 16.0 Å². The molecule has 1 fully saturated rings. The average molecular weight is 552 g/mol. The van der Waals surface area contributed by atoms with E-state index in [1.54, 1.807) is 12.1 Å².